The van der Waals surface area contributed by atoms with E-state index < -0.39 is 10.0 Å². The summed E-state index contributed by atoms with van der Waals surface area (Å²) in [4.78, 5) is 2.02. The monoisotopic (exact) mass is 382 g/mol. The number of halogens is 1. The minimum atomic E-state index is -3.53. The van der Waals surface area contributed by atoms with Gasteiger partial charge in [0.1, 0.15) is 5.82 Å². The second-order valence-electron chi connectivity index (χ2n) is 6.99. The third-order valence-corrected chi connectivity index (χ3v) is 6.30. The molecule has 0 bridgehead atoms. The van der Waals surface area contributed by atoms with E-state index in [4.69, 9.17) is 4.42 Å². The topological polar surface area (TPSA) is 79.5 Å². The Kier molecular flexibility index (Phi) is 5.40. The molecule has 1 aliphatic rings. The van der Waals surface area contributed by atoms with E-state index in [-0.39, 0.29) is 23.4 Å². The molecule has 1 saturated heterocycles. The summed E-state index contributed by atoms with van der Waals surface area (Å²) >= 11 is 0. The maximum Gasteiger partial charge on any atom is 0.221 e. The molecule has 26 heavy (non-hydrogen) atoms. The molecular weight excluding hydrogens is 359 g/mol. The van der Waals surface area contributed by atoms with Gasteiger partial charge in [-0.05, 0) is 37.7 Å². The van der Waals surface area contributed by atoms with Crippen LogP contribution in [0.2, 0.25) is 0 Å². The molecular formula is C17H23FN4O3S. The summed E-state index contributed by atoms with van der Waals surface area (Å²) in [6.45, 7) is 3.14. The van der Waals surface area contributed by atoms with Crippen molar-refractivity contribution >= 4 is 10.0 Å². The van der Waals surface area contributed by atoms with Gasteiger partial charge in [-0.3, -0.25) is 0 Å². The fraction of sp³-hybridized carbons (Fsp3) is 0.529. The first-order valence-corrected chi connectivity index (χ1v) is 10.0. The lowest BCUT2D eigenvalue weighted by Crippen LogP contribution is -2.31. The van der Waals surface area contributed by atoms with Crippen molar-refractivity contribution in [2.24, 2.45) is 5.92 Å². The maximum absolute atomic E-state index is 13.0. The van der Waals surface area contributed by atoms with E-state index in [2.05, 4.69) is 10.2 Å². The van der Waals surface area contributed by atoms with Crippen molar-refractivity contribution in [3.8, 4) is 0 Å². The van der Waals surface area contributed by atoms with Gasteiger partial charge in [0.15, 0.2) is 0 Å². The zero-order valence-electron chi connectivity index (χ0n) is 15.1. The number of hydrogen-bond acceptors (Lipinski definition) is 6. The van der Waals surface area contributed by atoms with Gasteiger partial charge in [-0.2, -0.15) is 0 Å². The van der Waals surface area contributed by atoms with E-state index in [0.29, 0.717) is 37.0 Å². The lowest BCUT2D eigenvalue weighted by Gasteiger charge is -2.19. The van der Waals surface area contributed by atoms with Crippen molar-refractivity contribution in [3.05, 3.63) is 47.4 Å². The van der Waals surface area contributed by atoms with Gasteiger partial charge < -0.3 is 9.32 Å². The number of hydrogen-bond donors (Lipinski definition) is 0. The van der Waals surface area contributed by atoms with Crippen LogP contribution in [0.4, 0.5) is 4.39 Å². The van der Waals surface area contributed by atoms with Crippen molar-refractivity contribution in [1.82, 2.24) is 19.4 Å². The van der Waals surface area contributed by atoms with Crippen LogP contribution >= 0.6 is 0 Å². The summed E-state index contributed by atoms with van der Waals surface area (Å²) in [6.07, 6.45) is 0. The Bertz CT molecular complexity index is 851. The lowest BCUT2D eigenvalue weighted by atomic mass is 9.96. The molecule has 1 aromatic heterocycles. The first kappa shape index (κ1) is 18.9. The lowest BCUT2D eigenvalue weighted by molar-refractivity contribution is 0.297. The van der Waals surface area contributed by atoms with E-state index in [9.17, 15) is 12.8 Å². The molecule has 0 aliphatic carbocycles. The molecule has 1 aliphatic heterocycles. The molecule has 0 unspecified atom stereocenters. The number of sulfonamides is 1. The smallest absolute Gasteiger partial charge is 0.221 e. The van der Waals surface area contributed by atoms with Gasteiger partial charge in [-0.1, -0.05) is 12.1 Å². The molecule has 7 nitrogen and oxygen atoms in total. The van der Waals surface area contributed by atoms with Crippen molar-refractivity contribution in [3.63, 3.8) is 0 Å². The van der Waals surface area contributed by atoms with Crippen molar-refractivity contribution in [2.75, 3.05) is 33.7 Å². The molecule has 9 heteroatoms. The Morgan fingerprint density at radius 3 is 2.50 bits per heavy atom. The number of aromatic nitrogens is 2. The number of benzene rings is 1. The predicted molar refractivity (Wildman–Crippen MR) is 94.4 cm³/mol. The summed E-state index contributed by atoms with van der Waals surface area (Å²) in [6, 6.07) is 5.54. The number of nitrogens with zero attached hydrogens (tertiary/aromatic N) is 4. The van der Waals surface area contributed by atoms with Gasteiger partial charge in [-0.15, -0.1) is 10.2 Å². The Hall–Kier alpha value is -1.84. The SMILES string of the molecule is Cc1nnc([C@H]2CN(S(=O)(=O)Cc3ccc(F)cc3)C[C@@H]2CN(C)C)o1. The van der Waals surface area contributed by atoms with Gasteiger partial charge in [0.25, 0.3) is 0 Å². The van der Waals surface area contributed by atoms with E-state index >= 15 is 0 Å². The fourth-order valence-electron chi connectivity index (χ4n) is 3.34. The normalized spacial score (nSPS) is 21.6. The number of aryl methyl sites for hydroxylation is 1. The summed E-state index contributed by atoms with van der Waals surface area (Å²) in [5.74, 6) is 0.335. The molecule has 1 aromatic carbocycles. The summed E-state index contributed by atoms with van der Waals surface area (Å²) < 4.78 is 45.8. The third-order valence-electron chi connectivity index (χ3n) is 4.52. The highest BCUT2D eigenvalue weighted by molar-refractivity contribution is 7.88. The van der Waals surface area contributed by atoms with Crippen LogP contribution < -0.4 is 0 Å². The highest BCUT2D eigenvalue weighted by atomic mass is 32.2. The van der Waals surface area contributed by atoms with Gasteiger partial charge in [0.05, 0.1) is 11.7 Å². The minimum Gasteiger partial charge on any atom is -0.425 e. The van der Waals surface area contributed by atoms with Crippen LogP contribution in [0.5, 0.6) is 0 Å². The average Bonchev–Trinajstić information content (AvgIpc) is 3.15. The Balaban J connectivity index is 1.80. The van der Waals surface area contributed by atoms with Crippen molar-refractivity contribution in [2.45, 2.75) is 18.6 Å². The summed E-state index contributed by atoms with van der Waals surface area (Å²) in [7, 11) is 0.374. The standard InChI is InChI=1S/C17H23FN4O3S/c1-12-19-20-17(25-12)16-10-22(9-14(16)8-21(2)3)26(23,24)11-13-4-6-15(18)7-5-13/h4-7,14,16H,8-11H2,1-3H3/t14-,16-/m0/s1. The molecule has 3 rings (SSSR count). The predicted octanol–water partition coefficient (Wildman–Crippen LogP) is 1.62. The first-order valence-electron chi connectivity index (χ1n) is 8.41. The molecule has 2 aromatic rings. The maximum atomic E-state index is 13.0. The van der Waals surface area contributed by atoms with Crippen LogP contribution in [0.15, 0.2) is 28.7 Å². The van der Waals surface area contributed by atoms with Crippen LogP contribution in [-0.4, -0.2) is 61.5 Å². The van der Waals surface area contributed by atoms with E-state index in [0.717, 1.165) is 0 Å². The molecule has 142 valence electrons. The third kappa shape index (κ3) is 4.28. The van der Waals surface area contributed by atoms with E-state index in [1.165, 1.54) is 28.6 Å². The van der Waals surface area contributed by atoms with Gasteiger partial charge in [0.2, 0.25) is 21.8 Å². The van der Waals surface area contributed by atoms with Crippen LogP contribution in [0.3, 0.4) is 0 Å². The molecule has 1 fully saturated rings. The second-order valence-corrected chi connectivity index (χ2v) is 8.96. The Morgan fingerprint density at radius 2 is 1.92 bits per heavy atom. The Morgan fingerprint density at radius 1 is 1.23 bits per heavy atom. The molecule has 0 radical (unpaired) electrons. The van der Waals surface area contributed by atoms with Gasteiger partial charge in [-0.25, -0.2) is 17.1 Å². The summed E-state index contributed by atoms with van der Waals surface area (Å²) in [5, 5.41) is 7.97. The molecule has 2 atom stereocenters. The molecule has 0 spiro atoms. The fourth-order valence-corrected chi connectivity index (χ4v) is 4.94. The van der Waals surface area contributed by atoms with Crippen LogP contribution in [0.1, 0.15) is 23.3 Å². The van der Waals surface area contributed by atoms with Gasteiger partial charge >= 0.3 is 0 Å². The van der Waals surface area contributed by atoms with E-state index in [1.54, 1.807) is 6.92 Å². The van der Waals surface area contributed by atoms with Gasteiger partial charge in [0, 0.05) is 26.6 Å². The number of rotatable bonds is 6. The zero-order chi connectivity index (χ0) is 18.9. The van der Waals surface area contributed by atoms with Crippen molar-refractivity contribution in [1.29, 1.82) is 0 Å². The highest BCUT2D eigenvalue weighted by Gasteiger charge is 2.42. The zero-order valence-corrected chi connectivity index (χ0v) is 15.9. The van der Waals surface area contributed by atoms with Crippen molar-refractivity contribution < 1.29 is 17.2 Å². The van der Waals surface area contributed by atoms with Crippen LogP contribution in [0.25, 0.3) is 0 Å². The molecule has 0 N–H and O–H groups in total. The minimum absolute atomic E-state index is 0.0628. The molecule has 0 saturated carbocycles. The van der Waals surface area contributed by atoms with E-state index in [1.807, 2.05) is 19.0 Å². The van der Waals surface area contributed by atoms with Crippen LogP contribution in [0, 0.1) is 18.7 Å². The first-order chi connectivity index (χ1) is 12.2. The molecule has 2 heterocycles. The molecule has 0 amide bonds. The Labute approximate surface area is 152 Å². The second kappa shape index (κ2) is 7.42. The average molecular weight is 382 g/mol. The largest absolute Gasteiger partial charge is 0.425 e. The highest BCUT2D eigenvalue weighted by Crippen LogP contribution is 2.34. The summed E-state index contributed by atoms with van der Waals surface area (Å²) in [5.41, 5.74) is 0.563. The van der Waals surface area contributed by atoms with Crippen LogP contribution in [-0.2, 0) is 15.8 Å². The quantitative estimate of drug-likeness (QED) is 0.755.